The second-order valence-corrected chi connectivity index (χ2v) is 4.18. The lowest BCUT2D eigenvalue weighted by Crippen LogP contribution is -2.41. The van der Waals surface area contributed by atoms with Gasteiger partial charge in [-0.2, -0.15) is 0 Å². The summed E-state index contributed by atoms with van der Waals surface area (Å²) < 4.78 is 0. The van der Waals surface area contributed by atoms with E-state index >= 15 is 0 Å². The molecule has 0 aliphatic heterocycles. The molecule has 4 heteroatoms. The maximum absolute atomic E-state index is 11.7. The fraction of sp³-hybridized carbons (Fsp3) is 0.500. The van der Waals surface area contributed by atoms with Gasteiger partial charge in [0.1, 0.15) is 0 Å². The predicted octanol–water partition coefficient (Wildman–Crippen LogP) is 1.14. The number of nitrogens with one attached hydrogen (secondary N) is 1. The molecule has 1 amide bonds. The molecule has 0 saturated heterocycles. The number of nitrogens with zero attached hydrogens (tertiary/aromatic N) is 1. The minimum absolute atomic E-state index is 0.0498. The van der Waals surface area contributed by atoms with Crippen molar-refractivity contribution in [3.63, 3.8) is 0 Å². The summed E-state index contributed by atoms with van der Waals surface area (Å²) in [6.07, 6.45) is 0. The molecular weight excluding hydrogens is 226 g/mol. The van der Waals surface area contributed by atoms with Gasteiger partial charge in [-0.15, -0.1) is 0 Å². The highest BCUT2D eigenvalue weighted by Crippen LogP contribution is 2.18. The quantitative estimate of drug-likeness (QED) is 0.762. The Hall–Kier alpha value is -1.39. The van der Waals surface area contributed by atoms with Crippen LogP contribution in [-0.4, -0.2) is 37.0 Å². The van der Waals surface area contributed by atoms with Crippen molar-refractivity contribution in [2.75, 3.05) is 26.2 Å². The summed E-state index contributed by atoms with van der Waals surface area (Å²) in [7, 11) is 0. The second kappa shape index (κ2) is 7.84. The van der Waals surface area contributed by atoms with Crippen molar-refractivity contribution in [3.05, 3.63) is 35.9 Å². The topological polar surface area (TPSA) is 58.4 Å². The lowest BCUT2D eigenvalue weighted by molar-refractivity contribution is -0.122. The Labute approximate surface area is 109 Å². The molecule has 100 valence electrons. The van der Waals surface area contributed by atoms with E-state index in [4.69, 9.17) is 5.73 Å². The number of hydrogen-bond acceptors (Lipinski definition) is 3. The van der Waals surface area contributed by atoms with E-state index in [-0.39, 0.29) is 11.9 Å². The van der Waals surface area contributed by atoms with Crippen LogP contribution in [-0.2, 0) is 4.79 Å². The zero-order valence-corrected chi connectivity index (χ0v) is 11.2. The number of nitrogens with two attached hydrogens (primary N) is 1. The molecule has 0 radical (unpaired) electrons. The van der Waals surface area contributed by atoms with E-state index < -0.39 is 0 Å². The van der Waals surface area contributed by atoms with Crippen molar-refractivity contribution in [2.45, 2.75) is 19.9 Å². The molecule has 0 aliphatic rings. The van der Waals surface area contributed by atoms with E-state index in [2.05, 4.69) is 22.3 Å². The summed E-state index contributed by atoms with van der Waals surface area (Å²) >= 11 is 0. The molecule has 1 rings (SSSR count). The molecule has 1 aromatic rings. The maximum atomic E-state index is 11.7. The third-order valence-corrected chi connectivity index (χ3v) is 2.98. The molecule has 0 aromatic heterocycles. The first-order valence-electron chi connectivity index (χ1n) is 6.48. The lowest BCUT2D eigenvalue weighted by Gasteiger charge is -2.29. The number of benzene rings is 1. The fourth-order valence-electron chi connectivity index (χ4n) is 2.05. The third kappa shape index (κ3) is 4.13. The van der Waals surface area contributed by atoms with Gasteiger partial charge < -0.3 is 11.1 Å². The number of rotatable bonds is 7. The molecule has 4 nitrogen and oxygen atoms in total. The SMILES string of the molecule is CCNC(=O)CN(CC)C(CN)c1ccccc1. The average Bonchev–Trinajstić information content (AvgIpc) is 2.40. The van der Waals surface area contributed by atoms with E-state index in [1.165, 1.54) is 0 Å². The van der Waals surface area contributed by atoms with Crippen LogP contribution in [0.25, 0.3) is 0 Å². The van der Waals surface area contributed by atoms with Crippen LogP contribution in [0.4, 0.5) is 0 Å². The molecule has 1 unspecified atom stereocenters. The van der Waals surface area contributed by atoms with Crippen molar-refractivity contribution in [1.82, 2.24) is 10.2 Å². The lowest BCUT2D eigenvalue weighted by atomic mass is 10.1. The van der Waals surface area contributed by atoms with Crippen LogP contribution in [0.1, 0.15) is 25.5 Å². The van der Waals surface area contributed by atoms with Gasteiger partial charge in [-0.25, -0.2) is 0 Å². The number of amides is 1. The molecule has 0 saturated carbocycles. The van der Waals surface area contributed by atoms with Crippen molar-refractivity contribution >= 4 is 5.91 Å². The Balaban J connectivity index is 2.75. The summed E-state index contributed by atoms with van der Waals surface area (Å²) in [6.45, 7) is 6.33. The summed E-state index contributed by atoms with van der Waals surface area (Å²) in [4.78, 5) is 13.8. The van der Waals surface area contributed by atoms with Crippen LogP contribution in [0, 0.1) is 0 Å². The molecular formula is C14H23N3O. The van der Waals surface area contributed by atoms with E-state index in [1.54, 1.807) is 0 Å². The van der Waals surface area contributed by atoms with Gasteiger partial charge >= 0.3 is 0 Å². The number of carbonyl (C=O) groups is 1. The Morgan fingerprint density at radius 2 is 2.00 bits per heavy atom. The van der Waals surface area contributed by atoms with Gasteiger partial charge in [0, 0.05) is 19.1 Å². The number of likely N-dealkylation sites (N-methyl/N-ethyl adjacent to an activating group) is 2. The zero-order chi connectivity index (χ0) is 13.4. The Bertz CT molecular complexity index is 353. The Morgan fingerprint density at radius 1 is 1.33 bits per heavy atom. The van der Waals surface area contributed by atoms with Gasteiger partial charge in [0.25, 0.3) is 0 Å². The molecule has 18 heavy (non-hydrogen) atoms. The van der Waals surface area contributed by atoms with Crippen LogP contribution in [0.15, 0.2) is 30.3 Å². The number of carbonyl (C=O) groups excluding carboxylic acids is 1. The van der Waals surface area contributed by atoms with Gasteiger partial charge in [-0.05, 0) is 19.0 Å². The van der Waals surface area contributed by atoms with E-state index in [0.717, 1.165) is 12.1 Å². The zero-order valence-electron chi connectivity index (χ0n) is 11.2. The van der Waals surface area contributed by atoms with Crippen molar-refractivity contribution in [1.29, 1.82) is 0 Å². The van der Waals surface area contributed by atoms with E-state index in [1.807, 2.05) is 32.0 Å². The molecule has 0 spiro atoms. The summed E-state index contributed by atoms with van der Waals surface area (Å²) in [5.74, 6) is 0.0498. The first kappa shape index (κ1) is 14.7. The Kier molecular flexibility index (Phi) is 6.39. The number of hydrogen-bond donors (Lipinski definition) is 2. The summed E-state index contributed by atoms with van der Waals surface area (Å²) in [5, 5.41) is 2.82. The van der Waals surface area contributed by atoms with Crippen molar-refractivity contribution < 1.29 is 4.79 Å². The van der Waals surface area contributed by atoms with Crippen LogP contribution in [0.2, 0.25) is 0 Å². The highest BCUT2D eigenvalue weighted by Gasteiger charge is 2.19. The van der Waals surface area contributed by atoms with Gasteiger partial charge in [0.15, 0.2) is 0 Å². The van der Waals surface area contributed by atoms with Crippen molar-refractivity contribution in [2.24, 2.45) is 5.73 Å². The van der Waals surface area contributed by atoms with Gasteiger partial charge in [-0.1, -0.05) is 37.3 Å². The molecule has 1 atom stereocenters. The normalized spacial score (nSPS) is 12.4. The molecule has 0 heterocycles. The molecule has 0 bridgehead atoms. The smallest absolute Gasteiger partial charge is 0.234 e. The molecule has 0 aliphatic carbocycles. The highest BCUT2D eigenvalue weighted by molar-refractivity contribution is 5.78. The highest BCUT2D eigenvalue weighted by atomic mass is 16.2. The minimum atomic E-state index is 0.0498. The summed E-state index contributed by atoms with van der Waals surface area (Å²) in [6, 6.07) is 10.2. The van der Waals surface area contributed by atoms with Crippen LogP contribution in [0.3, 0.4) is 0 Å². The Morgan fingerprint density at radius 3 is 2.50 bits per heavy atom. The first-order valence-corrected chi connectivity index (χ1v) is 6.48. The van der Waals surface area contributed by atoms with Crippen LogP contribution < -0.4 is 11.1 Å². The van der Waals surface area contributed by atoms with Crippen LogP contribution >= 0.6 is 0 Å². The molecule has 1 aromatic carbocycles. The predicted molar refractivity (Wildman–Crippen MR) is 74.2 cm³/mol. The fourth-order valence-corrected chi connectivity index (χ4v) is 2.05. The van der Waals surface area contributed by atoms with Crippen molar-refractivity contribution in [3.8, 4) is 0 Å². The average molecular weight is 249 g/mol. The van der Waals surface area contributed by atoms with Gasteiger partial charge in [0.05, 0.1) is 6.54 Å². The van der Waals surface area contributed by atoms with E-state index in [0.29, 0.717) is 19.6 Å². The second-order valence-electron chi connectivity index (χ2n) is 4.18. The monoisotopic (exact) mass is 249 g/mol. The standard InChI is InChI=1S/C14H23N3O/c1-3-16-14(18)11-17(4-2)13(10-15)12-8-6-5-7-9-12/h5-9,13H,3-4,10-11,15H2,1-2H3,(H,16,18). The van der Waals surface area contributed by atoms with Gasteiger partial charge in [-0.3, -0.25) is 9.69 Å². The van der Waals surface area contributed by atoms with Crippen LogP contribution in [0.5, 0.6) is 0 Å². The largest absolute Gasteiger partial charge is 0.355 e. The third-order valence-electron chi connectivity index (χ3n) is 2.98. The molecule has 0 fully saturated rings. The summed E-state index contributed by atoms with van der Waals surface area (Å²) in [5.41, 5.74) is 7.02. The first-order chi connectivity index (χ1) is 8.72. The maximum Gasteiger partial charge on any atom is 0.234 e. The van der Waals surface area contributed by atoms with E-state index in [9.17, 15) is 4.79 Å². The van der Waals surface area contributed by atoms with Gasteiger partial charge in [0.2, 0.25) is 5.91 Å². The molecule has 3 N–H and O–H groups in total. The minimum Gasteiger partial charge on any atom is -0.355 e.